The van der Waals surface area contributed by atoms with E-state index >= 15 is 0 Å². The molecule has 0 aliphatic rings. The van der Waals surface area contributed by atoms with E-state index in [4.69, 9.17) is 4.74 Å². The maximum absolute atomic E-state index is 12.3. The lowest BCUT2D eigenvalue weighted by Crippen LogP contribution is -2.28. The quantitative estimate of drug-likeness (QED) is 0.227. The first-order valence-electron chi connectivity index (χ1n) is 8.47. The summed E-state index contributed by atoms with van der Waals surface area (Å²) in [5, 5.41) is 0. The van der Waals surface area contributed by atoms with Crippen molar-refractivity contribution in [2.45, 2.75) is 97.5 Å². The van der Waals surface area contributed by atoms with Crippen molar-refractivity contribution in [1.29, 1.82) is 0 Å². The van der Waals surface area contributed by atoms with Crippen molar-refractivity contribution in [2.24, 2.45) is 0 Å². The third kappa shape index (κ3) is 12.9. The van der Waals surface area contributed by atoms with Crippen molar-refractivity contribution in [3.63, 3.8) is 0 Å². The van der Waals surface area contributed by atoms with Crippen molar-refractivity contribution in [3.8, 4) is 0 Å². The predicted molar refractivity (Wildman–Crippen MR) is 95.5 cm³/mol. The Labute approximate surface area is 133 Å². The summed E-state index contributed by atoms with van der Waals surface area (Å²) in [6.07, 6.45) is 9.48. The van der Waals surface area contributed by atoms with E-state index in [-0.39, 0.29) is 5.97 Å². The Balaban J connectivity index is 4.55. The van der Waals surface area contributed by atoms with Crippen molar-refractivity contribution >= 4 is 14.0 Å². The molecule has 0 saturated carbocycles. The lowest BCUT2D eigenvalue weighted by atomic mass is 10.1. The topological polar surface area (TPSA) is 26.3 Å². The average Bonchev–Trinajstić information content (AvgIpc) is 2.28. The molecule has 0 aliphatic heterocycles. The third-order valence-electron chi connectivity index (χ3n) is 3.08. The number of carbonyl (C=O) groups is 1. The first kappa shape index (κ1) is 20.4. The number of esters is 1. The number of allylic oxidation sites excluding steroid dienone is 1. The number of rotatable bonds is 9. The number of hydrogen-bond acceptors (Lipinski definition) is 2. The van der Waals surface area contributed by atoms with E-state index in [0.717, 1.165) is 18.0 Å². The molecular formula is C18H36O2Si. The number of hydrogen-bond donors (Lipinski definition) is 0. The molecule has 0 aromatic heterocycles. The molecule has 0 saturated heterocycles. The van der Waals surface area contributed by atoms with Crippen LogP contribution in [0.5, 0.6) is 0 Å². The fourth-order valence-electron chi connectivity index (χ4n) is 2.17. The van der Waals surface area contributed by atoms with Crippen LogP contribution in [-0.4, -0.2) is 19.6 Å². The molecule has 0 radical (unpaired) electrons. The lowest BCUT2D eigenvalue weighted by Gasteiger charge is -2.23. The first-order chi connectivity index (χ1) is 9.55. The van der Waals surface area contributed by atoms with E-state index in [0.29, 0.717) is 0 Å². The Kier molecular flexibility index (Phi) is 9.19. The fraction of sp³-hybridized carbons (Fsp3) is 0.833. The third-order valence-corrected chi connectivity index (χ3v) is 4.52. The highest BCUT2D eigenvalue weighted by Gasteiger charge is 2.24. The first-order valence-corrected chi connectivity index (χ1v) is 12.2. The van der Waals surface area contributed by atoms with Gasteiger partial charge in [0.1, 0.15) is 5.60 Å². The Morgan fingerprint density at radius 3 is 2.10 bits per heavy atom. The molecule has 0 aromatic rings. The molecular weight excluding hydrogens is 276 g/mol. The summed E-state index contributed by atoms with van der Waals surface area (Å²) in [6, 6.07) is 0.914. The number of ether oxygens (including phenoxy) is 1. The smallest absolute Gasteiger partial charge is 0.333 e. The van der Waals surface area contributed by atoms with Crippen LogP contribution in [-0.2, 0) is 9.53 Å². The van der Waals surface area contributed by atoms with Crippen molar-refractivity contribution in [3.05, 3.63) is 11.6 Å². The summed E-state index contributed by atoms with van der Waals surface area (Å²) in [4.78, 5) is 12.3. The van der Waals surface area contributed by atoms with Gasteiger partial charge in [-0.25, -0.2) is 4.79 Å². The van der Waals surface area contributed by atoms with Crippen LogP contribution in [0.1, 0.15) is 66.2 Å². The zero-order chi connectivity index (χ0) is 16.5. The Morgan fingerprint density at radius 2 is 1.62 bits per heavy atom. The largest absolute Gasteiger partial charge is 0.457 e. The maximum atomic E-state index is 12.3. The van der Waals surface area contributed by atoms with Gasteiger partial charge in [0.05, 0.1) is 0 Å². The van der Waals surface area contributed by atoms with Gasteiger partial charge in [0, 0.05) is 13.6 Å². The normalized spacial score (nSPS) is 13.4. The predicted octanol–water partition coefficient (Wildman–Crippen LogP) is 5.95. The zero-order valence-electron chi connectivity index (χ0n) is 15.3. The Bertz CT molecular complexity index is 332. The van der Waals surface area contributed by atoms with Crippen LogP contribution in [0.3, 0.4) is 0 Å². The zero-order valence-corrected chi connectivity index (χ0v) is 16.3. The molecule has 2 nitrogen and oxygen atoms in total. The highest BCUT2D eigenvalue weighted by Crippen LogP contribution is 2.21. The monoisotopic (exact) mass is 312 g/mol. The van der Waals surface area contributed by atoms with Crippen LogP contribution in [0, 0.1) is 0 Å². The summed E-state index contributed by atoms with van der Waals surface area (Å²) in [7, 11) is -1.31. The molecule has 0 spiro atoms. The Morgan fingerprint density at radius 1 is 1.05 bits per heavy atom. The van der Waals surface area contributed by atoms with Crippen molar-refractivity contribution in [2.75, 3.05) is 0 Å². The molecule has 124 valence electrons. The second-order valence-corrected chi connectivity index (χ2v) is 13.6. The molecule has 0 fully saturated rings. The summed E-state index contributed by atoms with van der Waals surface area (Å²) >= 11 is 0. The highest BCUT2D eigenvalue weighted by atomic mass is 28.3. The molecule has 0 rings (SSSR count). The minimum absolute atomic E-state index is 0.113. The summed E-state index contributed by atoms with van der Waals surface area (Å²) in [6.45, 7) is 14.9. The maximum Gasteiger partial charge on any atom is 0.333 e. The molecule has 0 atom stereocenters. The fourth-order valence-corrected chi connectivity index (χ4v) is 3.60. The molecule has 0 bridgehead atoms. The standard InChI is InChI=1S/C18H36O2Si/c1-8-9-10-11-12-13-14-16(15-21(5,6)7)17(19)20-18(2,3)4/h14H,8-13,15H2,1-7H3/b16-14+. The molecule has 0 N–H and O–H groups in total. The van der Waals surface area contributed by atoms with Gasteiger partial charge in [-0.2, -0.15) is 0 Å². The molecule has 0 heterocycles. The van der Waals surface area contributed by atoms with Gasteiger partial charge in [-0.3, -0.25) is 0 Å². The van der Waals surface area contributed by atoms with Crippen molar-refractivity contribution < 1.29 is 9.53 Å². The van der Waals surface area contributed by atoms with Gasteiger partial charge in [-0.05, 0) is 39.7 Å². The second-order valence-electron chi connectivity index (χ2n) is 8.17. The Hall–Kier alpha value is -0.573. The van der Waals surface area contributed by atoms with Crippen LogP contribution in [0.15, 0.2) is 11.6 Å². The number of carbonyl (C=O) groups excluding carboxylic acids is 1. The van der Waals surface area contributed by atoms with Crippen LogP contribution >= 0.6 is 0 Å². The van der Waals surface area contributed by atoms with Gasteiger partial charge in [-0.1, -0.05) is 58.3 Å². The van der Waals surface area contributed by atoms with E-state index < -0.39 is 13.7 Å². The van der Waals surface area contributed by atoms with E-state index in [2.05, 4.69) is 32.6 Å². The highest BCUT2D eigenvalue weighted by molar-refractivity contribution is 6.77. The van der Waals surface area contributed by atoms with E-state index in [9.17, 15) is 4.79 Å². The van der Waals surface area contributed by atoms with Gasteiger partial charge < -0.3 is 4.74 Å². The van der Waals surface area contributed by atoms with Crippen LogP contribution in [0.4, 0.5) is 0 Å². The second kappa shape index (κ2) is 9.45. The van der Waals surface area contributed by atoms with Crippen LogP contribution < -0.4 is 0 Å². The van der Waals surface area contributed by atoms with Crippen LogP contribution in [0.2, 0.25) is 25.7 Å². The van der Waals surface area contributed by atoms with E-state index in [1.807, 2.05) is 20.8 Å². The van der Waals surface area contributed by atoms with Crippen LogP contribution in [0.25, 0.3) is 0 Å². The molecule has 21 heavy (non-hydrogen) atoms. The molecule has 0 unspecified atom stereocenters. The summed E-state index contributed by atoms with van der Waals surface area (Å²) in [5.41, 5.74) is 0.496. The van der Waals surface area contributed by atoms with Crippen molar-refractivity contribution in [1.82, 2.24) is 0 Å². The average molecular weight is 313 g/mol. The van der Waals surface area contributed by atoms with Gasteiger partial charge in [0.25, 0.3) is 0 Å². The minimum Gasteiger partial charge on any atom is -0.457 e. The molecule has 3 heteroatoms. The minimum atomic E-state index is -1.31. The van der Waals surface area contributed by atoms with E-state index in [1.165, 1.54) is 32.1 Å². The summed E-state index contributed by atoms with van der Waals surface area (Å²) in [5.74, 6) is -0.113. The van der Waals surface area contributed by atoms with Gasteiger partial charge >= 0.3 is 5.97 Å². The van der Waals surface area contributed by atoms with Gasteiger partial charge in [0.2, 0.25) is 0 Å². The van der Waals surface area contributed by atoms with Gasteiger partial charge in [0.15, 0.2) is 0 Å². The molecule has 0 aliphatic carbocycles. The molecule has 0 amide bonds. The van der Waals surface area contributed by atoms with Gasteiger partial charge in [-0.15, -0.1) is 0 Å². The summed E-state index contributed by atoms with van der Waals surface area (Å²) < 4.78 is 5.56. The SMILES string of the molecule is CCCCCCC/C=C(\C[Si](C)(C)C)C(=O)OC(C)(C)C. The number of unbranched alkanes of at least 4 members (excludes halogenated alkanes) is 5. The lowest BCUT2D eigenvalue weighted by molar-refractivity contribution is -0.149. The molecule has 0 aromatic carbocycles. The van der Waals surface area contributed by atoms with E-state index in [1.54, 1.807) is 0 Å².